The van der Waals surface area contributed by atoms with Crippen molar-refractivity contribution >= 4 is 35.1 Å². The molecule has 0 atom stereocenters. The zero-order valence-electron chi connectivity index (χ0n) is 16.6. The molecule has 2 aromatic carbocycles. The Kier molecular flexibility index (Phi) is 10.0. The Labute approximate surface area is 182 Å². The molecule has 4 nitrogen and oxygen atoms in total. The van der Waals surface area contributed by atoms with Gasteiger partial charge in [0.1, 0.15) is 5.75 Å². The number of rotatable bonds is 11. The maximum absolute atomic E-state index is 12.4. The predicted octanol–water partition coefficient (Wildman–Crippen LogP) is 7.12. The van der Waals surface area contributed by atoms with Gasteiger partial charge in [-0.2, -0.15) is 0 Å². The molecule has 2 aromatic rings. The fourth-order valence-corrected chi connectivity index (χ4v) is 3.34. The van der Waals surface area contributed by atoms with Crippen molar-refractivity contribution in [2.24, 2.45) is 0 Å². The summed E-state index contributed by atoms with van der Waals surface area (Å²) >= 11 is 11.8. The van der Waals surface area contributed by atoms with Crippen LogP contribution >= 0.6 is 23.2 Å². The van der Waals surface area contributed by atoms with Crippen LogP contribution in [0.3, 0.4) is 0 Å². The first-order chi connectivity index (χ1) is 14.0. The molecule has 0 N–H and O–H groups in total. The number of hydrogen-bond donors (Lipinski definition) is 0. The van der Waals surface area contributed by atoms with E-state index in [2.05, 4.69) is 6.92 Å². The molecule has 0 spiro atoms. The molecule has 29 heavy (non-hydrogen) atoms. The van der Waals surface area contributed by atoms with Gasteiger partial charge >= 0.3 is 11.9 Å². The molecule has 0 radical (unpaired) electrons. The predicted molar refractivity (Wildman–Crippen MR) is 116 cm³/mol. The number of halogens is 2. The average molecular weight is 437 g/mol. The van der Waals surface area contributed by atoms with Crippen LogP contribution in [0.4, 0.5) is 0 Å². The van der Waals surface area contributed by atoms with Crippen molar-refractivity contribution in [2.45, 2.75) is 51.9 Å². The number of unbranched alkanes of at least 4 members (excludes halogenated alkanes) is 6. The lowest BCUT2D eigenvalue weighted by Crippen LogP contribution is -2.11. The van der Waals surface area contributed by atoms with E-state index in [9.17, 15) is 9.59 Å². The fraction of sp³-hybridized carbons (Fsp3) is 0.391. The molecule has 0 heterocycles. The van der Waals surface area contributed by atoms with Gasteiger partial charge in [0.25, 0.3) is 0 Å². The third kappa shape index (κ3) is 8.46. The van der Waals surface area contributed by atoms with Crippen LogP contribution in [0.25, 0.3) is 0 Å². The molecule has 6 heteroatoms. The number of carbonyl (C=O) groups is 2. The zero-order valence-corrected chi connectivity index (χ0v) is 18.1. The minimum absolute atomic E-state index is 0.236. The van der Waals surface area contributed by atoms with Crippen molar-refractivity contribution in [3.63, 3.8) is 0 Å². The van der Waals surface area contributed by atoms with E-state index in [-0.39, 0.29) is 11.3 Å². The van der Waals surface area contributed by atoms with Crippen molar-refractivity contribution < 1.29 is 19.1 Å². The molecular weight excluding hydrogens is 411 g/mol. The summed E-state index contributed by atoms with van der Waals surface area (Å²) in [5.41, 5.74) is 0.554. The number of hydrogen-bond acceptors (Lipinski definition) is 4. The van der Waals surface area contributed by atoms with Crippen molar-refractivity contribution in [3.8, 4) is 5.75 Å². The molecule has 2 rings (SSSR count). The highest BCUT2D eigenvalue weighted by Crippen LogP contribution is 2.25. The highest BCUT2D eigenvalue weighted by atomic mass is 35.5. The van der Waals surface area contributed by atoms with Crippen LogP contribution < -0.4 is 4.74 Å². The molecule has 156 valence electrons. The molecule has 0 amide bonds. The van der Waals surface area contributed by atoms with E-state index < -0.39 is 11.9 Å². The van der Waals surface area contributed by atoms with Crippen molar-refractivity contribution in [3.05, 3.63) is 63.6 Å². The molecule has 0 bridgehead atoms. The van der Waals surface area contributed by atoms with Crippen molar-refractivity contribution in [1.29, 1.82) is 0 Å². The summed E-state index contributed by atoms with van der Waals surface area (Å²) in [6.07, 6.45) is 8.05. The Morgan fingerprint density at radius 3 is 2.03 bits per heavy atom. The summed E-state index contributed by atoms with van der Waals surface area (Å²) in [7, 11) is 0. The van der Waals surface area contributed by atoms with Crippen LogP contribution in [0, 0.1) is 0 Å². The summed E-state index contributed by atoms with van der Waals surface area (Å²) in [5, 5.41) is 0.728. The van der Waals surface area contributed by atoms with Crippen LogP contribution in [0.2, 0.25) is 10.0 Å². The lowest BCUT2D eigenvalue weighted by Gasteiger charge is -2.08. The van der Waals surface area contributed by atoms with Gasteiger partial charge in [-0.25, -0.2) is 9.59 Å². The maximum Gasteiger partial charge on any atom is 0.343 e. The minimum Gasteiger partial charge on any atom is -0.462 e. The van der Waals surface area contributed by atoms with E-state index in [1.165, 1.54) is 43.9 Å². The second-order valence-electron chi connectivity index (χ2n) is 6.83. The summed E-state index contributed by atoms with van der Waals surface area (Å²) < 4.78 is 10.6. The lowest BCUT2D eigenvalue weighted by atomic mass is 10.1. The Bertz CT molecular complexity index is 800. The topological polar surface area (TPSA) is 52.6 Å². The molecule has 0 unspecified atom stereocenters. The Morgan fingerprint density at radius 2 is 1.38 bits per heavy atom. The van der Waals surface area contributed by atoms with E-state index in [4.69, 9.17) is 32.7 Å². The highest BCUT2D eigenvalue weighted by Gasteiger charge is 2.14. The molecule has 0 fully saturated rings. The van der Waals surface area contributed by atoms with Gasteiger partial charge in [0, 0.05) is 10.0 Å². The summed E-state index contributed by atoms with van der Waals surface area (Å²) in [6, 6.07) is 10.8. The monoisotopic (exact) mass is 436 g/mol. The maximum atomic E-state index is 12.4. The van der Waals surface area contributed by atoms with Gasteiger partial charge in [0.05, 0.1) is 17.7 Å². The second kappa shape index (κ2) is 12.5. The first-order valence-electron chi connectivity index (χ1n) is 9.95. The molecule has 0 aliphatic rings. The van der Waals surface area contributed by atoms with Crippen LogP contribution in [-0.4, -0.2) is 18.5 Å². The Hall–Kier alpha value is -2.04. The van der Waals surface area contributed by atoms with Crippen molar-refractivity contribution in [2.75, 3.05) is 6.61 Å². The van der Waals surface area contributed by atoms with Crippen LogP contribution in [-0.2, 0) is 4.74 Å². The van der Waals surface area contributed by atoms with E-state index in [1.54, 1.807) is 24.3 Å². The largest absolute Gasteiger partial charge is 0.462 e. The second-order valence-corrected chi connectivity index (χ2v) is 7.71. The quantitative estimate of drug-likeness (QED) is 0.213. The SMILES string of the molecule is CCCCCCCCCOC(=O)c1cccc(C(=O)Oc2cc(Cl)cc(Cl)c2)c1. The normalized spacial score (nSPS) is 10.6. The molecular formula is C23H26Cl2O4. The summed E-state index contributed by atoms with van der Waals surface area (Å²) in [5.74, 6) is -0.819. The van der Waals surface area contributed by atoms with E-state index in [0.717, 1.165) is 19.3 Å². The fourth-order valence-electron chi connectivity index (χ4n) is 2.83. The zero-order chi connectivity index (χ0) is 21.1. The number of carbonyl (C=O) groups excluding carboxylic acids is 2. The standard InChI is InChI=1S/C23H26Cl2O4/c1-2-3-4-5-6-7-8-12-28-22(26)17-10-9-11-18(13-17)23(27)29-21-15-19(24)14-20(25)16-21/h9-11,13-16H,2-8,12H2,1H3. The van der Waals surface area contributed by atoms with Gasteiger partial charge in [-0.15, -0.1) is 0 Å². The third-order valence-corrected chi connectivity index (χ3v) is 4.80. The summed E-state index contributed by atoms with van der Waals surface area (Å²) in [6.45, 7) is 2.57. The molecule has 0 aliphatic heterocycles. The first-order valence-corrected chi connectivity index (χ1v) is 10.7. The summed E-state index contributed by atoms with van der Waals surface area (Å²) in [4.78, 5) is 24.6. The third-order valence-electron chi connectivity index (χ3n) is 4.36. The average Bonchev–Trinajstić information content (AvgIpc) is 2.69. The minimum atomic E-state index is -0.606. The van der Waals surface area contributed by atoms with Gasteiger partial charge in [-0.05, 0) is 42.8 Å². The molecule has 0 aromatic heterocycles. The molecule has 0 saturated carbocycles. The number of benzene rings is 2. The smallest absolute Gasteiger partial charge is 0.343 e. The van der Waals surface area contributed by atoms with Crippen LogP contribution in [0.15, 0.2) is 42.5 Å². The van der Waals surface area contributed by atoms with Gasteiger partial charge in [-0.1, -0.05) is 74.7 Å². The van der Waals surface area contributed by atoms with Gasteiger partial charge in [-0.3, -0.25) is 0 Å². The Morgan fingerprint density at radius 1 is 0.793 bits per heavy atom. The van der Waals surface area contributed by atoms with Gasteiger partial charge in [0.15, 0.2) is 0 Å². The van der Waals surface area contributed by atoms with Gasteiger partial charge in [0.2, 0.25) is 0 Å². The van der Waals surface area contributed by atoms with E-state index in [1.807, 2.05) is 0 Å². The van der Waals surface area contributed by atoms with E-state index in [0.29, 0.717) is 22.2 Å². The molecule has 0 saturated heterocycles. The van der Waals surface area contributed by atoms with Crippen molar-refractivity contribution in [1.82, 2.24) is 0 Å². The Balaban J connectivity index is 1.83. The van der Waals surface area contributed by atoms with E-state index >= 15 is 0 Å². The van der Waals surface area contributed by atoms with Crippen LogP contribution in [0.5, 0.6) is 5.75 Å². The molecule has 0 aliphatic carbocycles. The number of esters is 2. The first kappa shape index (κ1) is 23.2. The number of ether oxygens (including phenoxy) is 2. The van der Waals surface area contributed by atoms with Crippen LogP contribution in [0.1, 0.15) is 72.6 Å². The van der Waals surface area contributed by atoms with Gasteiger partial charge < -0.3 is 9.47 Å². The lowest BCUT2D eigenvalue weighted by molar-refractivity contribution is 0.0497. The highest BCUT2D eigenvalue weighted by molar-refractivity contribution is 6.34.